The minimum atomic E-state index is 0. The van der Waals surface area contributed by atoms with Gasteiger partial charge in [-0.2, -0.15) is 0 Å². The predicted molar refractivity (Wildman–Crippen MR) is 44.3 cm³/mol. The number of phenols is 1. The molecule has 62 valence electrons. The van der Waals surface area contributed by atoms with Gasteiger partial charge in [0.1, 0.15) is 0 Å². The van der Waals surface area contributed by atoms with Crippen LogP contribution in [0.15, 0.2) is 24.3 Å². The highest BCUT2D eigenvalue weighted by molar-refractivity contribution is 5.37. The largest absolute Gasteiger partial charge is 0.504 e. The molecule has 0 atom stereocenters. The van der Waals surface area contributed by atoms with Gasteiger partial charge in [-0.15, -0.1) is 0 Å². The van der Waals surface area contributed by atoms with Gasteiger partial charge >= 0.3 is 0 Å². The second-order valence-corrected chi connectivity index (χ2v) is 1.90. The van der Waals surface area contributed by atoms with Crippen LogP contribution in [0, 0.1) is 0 Å². The Bertz CT molecular complexity index is 213. The number of benzene rings is 1. The molecular weight excluding hydrogens is 142 g/mol. The van der Waals surface area contributed by atoms with Crippen molar-refractivity contribution < 1.29 is 9.84 Å². The van der Waals surface area contributed by atoms with Crippen molar-refractivity contribution >= 4 is 0 Å². The average Bonchev–Trinajstić information content (AvgIpc) is 1.94. The Labute approximate surface area is 66.2 Å². The van der Waals surface area contributed by atoms with Crippen molar-refractivity contribution in [1.82, 2.24) is 6.15 Å². The van der Waals surface area contributed by atoms with E-state index in [1.807, 2.05) is 13.0 Å². The van der Waals surface area contributed by atoms with E-state index in [0.29, 0.717) is 12.4 Å². The zero-order valence-electron chi connectivity index (χ0n) is 6.58. The first-order chi connectivity index (χ1) is 4.84. The number of para-hydroxylation sites is 2. The molecular formula is C8H13NO2. The summed E-state index contributed by atoms with van der Waals surface area (Å²) >= 11 is 0. The molecule has 0 fully saturated rings. The Balaban J connectivity index is 0.000001000. The maximum absolute atomic E-state index is 9.12. The van der Waals surface area contributed by atoms with Gasteiger partial charge in [0.25, 0.3) is 0 Å². The summed E-state index contributed by atoms with van der Waals surface area (Å²) in [5.74, 6) is 0.745. The molecule has 0 unspecified atom stereocenters. The smallest absolute Gasteiger partial charge is 0.160 e. The molecule has 1 aromatic carbocycles. The summed E-state index contributed by atoms with van der Waals surface area (Å²) in [7, 11) is 0. The fraction of sp³-hybridized carbons (Fsp3) is 0.250. The number of phenolic OH excluding ortho intramolecular Hbond substituents is 1. The Morgan fingerprint density at radius 1 is 1.36 bits per heavy atom. The first-order valence-electron chi connectivity index (χ1n) is 3.25. The minimum absolute atomic E-state index is 0. The molecule has 0 saturated carbocycles. The molecule has 0 aliphatic rings. The normalized spacial score (nSPS) is 8.45. The van der Waals surface area contributed by atoms with Crippen molar-refractivity contribution in [3.05, 3.63) is 24.3 Å². The summed E-state index contributed by atoms with van der Waals surface area (Å²) in [4.78, 5) is 0. The number of hydrogen-bond donors (Lipinski definition) is 2. The Hall–Kier alpha value is -1.22. The van der Waals surface area contributed by atoms with Crippen LogP contribution in [0.1, 0.15) is 6.92 Å². The molecule has 1 rings (SSSR count). The van der Waals surface area contributed by atoms with Gasteiger partial charge < -0.3 is 16.0 Å². The highest BCUT2D eigenvalue weighted by Gasteiger charge is 1.96. The van der Waals surface area contributed by atoms with Crippen LogP contribution in [0.2, 0.25) is 0 Å². The fourth-order valence-corrected chi connectivity index (χ4v) is 0.735. The van der Waals surface area contributed by atoms with Gasteiger partial charge in [0, 0.05) is 0 Å². The van der Waals surface area contributed by atoms with E-state index >= 15 is 0 Å². The molecule has 0 amide bonds. The fourth-order valence-electron chi connectivity index (χ4n) is 0.735. The molecule has 3 heteroatoms. The van der Waals surface area contributed by atoms with Crippen molar-refractivity contribution in [2.75, 3.05) is 6.61 Å². The van der Waals surface area contributed by atoms with Crippen molar-refractivity contribution in [3.63, 3.8) is 0 Å². The van der Waals surface area contributed by atoms with Crippen molar-refractivity contribution in [2.45, 2.75) is 6.92 Å². The van der Waals surface area contributed by atoms with Gasteiger partial charge in [0.15, 0.2) is 11.5 Å². The number of ether oxygens (including phenoxy) is 1. The van der Waals surface area contributed by atoms with Gasteiger partial charge in [-0.1, -0.05) is 12.1 Å². The number of hydrogen-bond acceptors (Lipinski definition) is 3. The molecule has 0 aliphatic carbocycles. The summed E-state index contributed by atoms with van der Waals surface area (Å²) in [5, 5.41) is 9.12. The lowest BCUT2D eigenvalue weighted by molar-refractivity contribution is 0.318. The second kappa shape index (κ2) is 4.57. The predicted octanol–water partition coefficient (Wildman–Crippen LogP) is 1.95. The maximum atomic E-state index is 9.12. The second-order valence-electron chi connectivity index (χ2n) is 1.90. The molecule has 0 aliphatic heterocycles. The van der Waals surface area contributed by atoms with Gasteiger partial charge in [-0.3, -0.25) is 0 Å². The molecule has 0 radical (unpaired) electrons. The van der Waals surface area contributed by atoms with Crippen molar-refractivity contribution in [1.29, 1.82) is 0 Å². The monoisotopic (exact) mass is 155 g/mol. The maximum Gasteiger partial charge on any atom is 0.160 e. The molecule has 11 heavy (non-hydrogen) atoms. The Morgan fingerprint density at radius 3 is 2.55 bits per heavy atom. The van der Waals surface area contributed by atoms with Crippen LogP contribution >= 0.6 is 0 Å². The van der Waals surface area contributed by atoms with Crippen LogP contribution in [0.25, 0.3) is 0 Å². The van der Waals surface area contributed by atoms with Crippen LogP contribution in [-0.4, -0.2) is 11.7 Å². The van der Waals surface area contributed by atoms with E-state index in [0.717, 1.165) is 0 Å². The molecule has 0 bridgehead atoms. The number of rotatable bonds is 2. The minimum Gasteiger partial charge on any atom is -0.504 e. The van der Waals surface area contributed by atoms with E-state index in [-0.39, 0.29) is 11.9 Å². The summed E-state index contributed by atoms with van der Waals surface area (Å²) in [6.07, 6.45) is 0. The Kier molecular flexibility index (Phi) is 4.07. The third-order valence-electron chi connectivity index (χ3n) is 1.17. The van der Waals surface area contributed by atoms with Gasteiger partial charge in [0.2, 0.25) is 0 Å². The molecule has 3 nitrogen and oxygen atoms in total. The van der Waals surface area contributed by atoms with Crippen LogP contribution in [-0.2, 0) is 0 Å². The highest BCUT2D eigenvalue weighted by Crippen LogP contribution is 2.23. The molecule has 4 N–H and O–H groups in total. The standard InChI is InChI=1S/C8H10O2.H3N/c1-2-10-8-6-4-3-5-7(8)9;/h3-6,9H,2H2,1H3;1H3. The first-order valence-corrected chi connectivity index (χ1v) is 3.25. The van der Waals surface area contributed by atoms with Gasteiger partial charge in [-0.25, -0.2) is 0 Å². The quantitative estimate of drug-likeness (QED) is 0.686. The molecule has 0 spiro atoms. The SMILES string of the molecule is CCOc1ccccc1O.N. The topological polar surface area (TPSA) is 64.5 Å². The molecule has 0 saturated heterocycles. The zero-order chi connectivity index (χ0) is 7.40. The van der Waals surface area contributed by atoms with Crippen LogP contribution in [0.3, 0.4) is 0 Å². The van der Waals surface area contributed by atoms with E-state index in [2.05, 4.69) is 0 Å². The number of aromatic hydroxyl groups is 1. The molecule has 0 aromatic heterocycles. The van der Waals surface area contributed by atoms with E-state index in [1.165, 1.54) is 0 Å². The van der Waals surface area contributed by atoms with Crippen molar-refractivity contribution in [2.24, 2.45) is 0 Å². The zero-order valence-corrected chi connectivity index (χ0v) is 6.58. The third kappa shape index (κ3) is 2.47. The van der Waals surface area contributed by atoms with Crippen LogP contribution in [0.4, 0.5) is 0 Å². The lowest BCUT2D eigenvalue weighted by Gasteiger charge is -2.02. The van der Waals surface area contributed by atoms with Crippen LogP contribution < -0.4 is 10.9 Å². The van der Waals surface area contributed by atoms with Gasteiger partial charge in [-0.05, 0) is 19.1 Å². The first kappa shape index (κ1) is 9.78. The summed E-state index contributed by atoms with van der Waals surface area (Å²) in [6, 6.07) is 6.92. The van der Waals surface area contributed by atoms with Gasteiger partial charge in [0.05, 0.1) is 6.61 Å². The summed E-state index contributed by atoms with van der Waals surface area (Å²) in [5.41, 5.74) is 0. The average molecular weight is 155 g/mol. The van der Waals surface area contributed by atoms with E-state index in [9.17, 15) is 0 Å². The lowest BCUT2D eigenvalue weighted by atomic mass is 10.3. The summed E-state index contributed by atoms with van der Waals surface area (Å²) in [6.45, 7) is 2.46. The van der Waals surface area contributed by atoms with E-state index < -0.39 is 0 Å². The third-order valence-corrected chi connectivity index (χ3v) is 1.17. The highest BCUT2D eigenvalue weighted by atomic mass is 16.5. The van der Waals surface area contributed by atoms with Crippen LogP contribution in [0.5, 0.6) is 11.5 Å². The summed E-state index contributed by atoms with van der Waals surface area (Å²) < 4.78 is 5.09. The molecule has 0 heterocycles. The Morgan fingerprint density at radius 2 is 2.00 bits per heavy atom. The van der Waals surface area contributed by atoms with E-state index in [1.54, 1.807) is 18.2 Å². The molecule has 1 aromatic rings. The van der Waals surface area contributed by atoms with E-state index in [4.69, 9.17) is 9.84 Å². The van der Waals surface area contributed by atoms with Crippen molar-refractivity contribution in [3.8, 4) is 11.5 Å². The lowest BCUT2D eigenvalue weighted by Crippen LogP contribution is -1.90.